The Morgan fingerprint density at radius 1 is 0.889 bits per heavy atom. The molecule has 11 heteroatoms. The van der Waals surface area contributed by atoms with Crippen molar-refractivity contribution in [1.29, 1.82) is 0 Å². The van der Waals surface area contributed by atoms with E-state index in [0.29, 0.717) is 11.4 Å². The third-order valence-corrected chi connectivity index (χ3v) is 6.52. The first-order chi connectivity index (χ1) is 16.6. The molecule has 0 spiro atoms. The van der Waals surface area contributed by atoms with Gasteiger partial charge in [-0.3, -0.25) is 9.97 Å². The van der Waals surface area contributed by atoms with Crippen molar-refractivity contribution in [3.05, 3.63) is 113 Å². The van der Waals surface area contributed by atoms with E-state index in [1.54, 1.807) is 44.2 Å². The summed E-state index contributed by atoms with van der Waals surface area (Å²) in [6, 6.07) is 20.3. The predicted molar refractivity (Wildman–Crippen MR) is 124 cm³/mol. The number of benzene rings is 1. The van der Waals surface area contributed by atoms with Crippen molar-refractivity contribution in [1.82, 2.24) is 15.0 Å². The molecule has 7 nitrogen and oxygen atoms in total. The number of halogens is 2. The second kappa shape index (κ2) is 10.7. The van der Waals surface area contributed by atoms with Crippen LogP contribution in [0.1, 0.15) is 35.7 Å². The Labute approximate surface area is 221 Å². The predicted octanol–water partition coefficient (Wildman–Crippen LogP) is 4.84. The summed E-state index contributed by atoms with van der Waals surface area (Å²) in [6.45, 7) is 3.58. The van der Waals surface area contributed by atoms with E-state index in [9.17, 15) is 22.0 Å². The molecule has 0 bridgehead atoms. The third kappa shape index (κ3) is 5.71. The fourth-order valence-corrected chi connectivity index (χ4v) is 4.23. The van der Waals surface area contributed by atoms with Crippen LogP contribution in [-0.2, 0) is 36.5 Å². The van der Waals surface area contributed by atoms with Gasteiger partial charge in [0.15, 0.2) is 0 Å². The fourth-order valence-electron chi connectivity index (χ4n) is 3.31. The molecule has 0 aliphatic rings. The van der Waals surface area contributed by atoms with Gasteiger partial charge in [0.25, 0.3) is 0 Å². The first-order valence-electron chi connectivity index (χ1n) is 10.3. The molecule has 0 N–H and O–H groups in total. The van der Waals surface area contributed by atoms with Crippen LogP contribution in [0.25, 0.3) is 16.0 Å². The summed E-state index contributed by atoms with van der Waals surface area (Å²) in [5.74, 6) is -3.05. The zero-order valence-electron chi connectivity index (χ0n) is 18.9. The fraction of sp³-hybridized carbons (Fsp3) is 0.120. The number of hydrogen-bond donors (Lipinski definition) is 0. The number of pyridine rings is 3. The number of amides is 1. The standard InChI is InChI=1S/C25H19F2N4O3S.Pt/c1-25(2,20-12-6-10-18(28-20)17-14-15-22(26)30-23(17)27)21-13-7-11-19(29-21)24(32)31-35(33,34)16-8-4-3-5-9-16;/h3-13,15H,1-2H3,(H,31,32);/q-1;+2/p-1. The van der Waals surface area contributed by atoms with E-state index in [1.807, 2.05) is 0 Å². The second-order valence-electron chi connectivity index (χ2n) is 8.01. The van der Waals surface area contributed by atoms with E-state index in [4.69, 9.17) is 0 Å². The molecular formula is C25H18F2N4O3PtS. The molecule has 0 aliphatic heterocycles. The molecule has 0 radical (unpaired) electrons. The summed E-state index contributed by atoms with van der Waals surface area (Å²) in [4.78, 5) is 24.5. The van der Waals surface area contributed by atoms with E-state index in [-0.39, 0.29) is 42.9 Å². The zero-order valence-corrected chi connectivity index (χ0v) is 22.0. The average molecular weight is 688 g/mol. The van der Waals surface area contributed by atoms with E-state index in [2.05, 4.69) is 25.7 Å². The maximum Gasteiger partial charge on any atom is 2.00 e. The van der Waals surface area contributed by atoms with Gasteiger partial charge in [-0.1, -0.05) is 48.0 Å². The molecule has 3 heterocycles. The van der Waals surface area contributed by atoms with Crippen molar-refractivity contribution in [3.63, 3.8) is 0 Å². The van der Waals surface area contributed by atoms with Crippen molar-refractivity contribution >= 4 is 15.9 Å². The minimum atomic E-state index is -4.20. The SMILES string of the molecule is CC(C)(c1cccc(C(=O)[N-]S(=O)(=O)c2ccccc2)n1)c1cccc(-c2[c-]cc(F)nc2F)n1.[Pt+2]. The van der Waals surface area contributed by atoms with E-state index < -0.39 is 33.2 Å². The number of nitrogens with zero attached hydrogens (tertiary/aromatic N) is 4. The number of sulfonamides is 1. The molecule has 0 fully saturated rings. The topological polar surface area (TPSA) is 104 Å². The maximum absolute atomic E-state index is 14.2. The summed E-state index contributed by atoms with van der Waals surface area (Å²) in [5.41, 5.74) is -0.0647. The van der Waals surface area contributed by atoms with Crippen molar-refractivity contribution in [2.75, 3.05) is 0 Å². The van der Waals surface area contributed by atoms with Gasteiger partial charge in [0, 0.05) is 11.1 Å². The van der Waals surface area contributed by atoms with Crippen molar-refractivity contribution in [3.8, 4) is 11.3 Å². The molecule has 3 aromatic heterocycles. The van der Waals surface area contributed by atoms with Crippen LogP contribution in [0.2, 0.25) is 0 Å². The summed E-state index contributed by atoms with van der Waals surface area (Å²) in [7, 11) is -4.20. The Hall–Kier alpha value is -3.36. The molecule has 4 rings (SSSR count). The molecule has 36 heavy (non-hydrogen) atoms. The smallest absolute Gasteiger partial charge is 0.536 e. The van der Waals surface area contributed by atoms with Gasteiger partial charge < -0.3 is 14.5 Å². The van der Waals surface area contributed by atoms with Crippen LogP contribution < -0.4 is 0 Å². The largest absolute Gasteiger partial charge is 2.00 e. The first-order valence-corrected chi connectivity index (χ1v) is 11.8. The molecule has 0 atom stereocenters. The molecule has 186 valence electrons. The number of hydrogen-bond acceptors (Lipinski definition) is 6. The molecule has 0 unspecified atom stereocenters. The summed E-state index contributed by atoms with van der Waals surface area (Å²) in [5, 5.41) is 0. The van der Waals surface area contributed by atoms with E-state index in [0.717, 1.165) is 6.07 Å². The Kier molecular flexibility index (Phi) is 8.11. The van der Waals surface area contributed by atoms with Crippen LogP contribution in [0.4, 0.5) is 8.78 Å². The van der Waals surface area contributed by atoms with Gasteiger partial charge in [-0.2, -0.15) is 0 Å². The number of carbonyl (C=O) groups excluding carboxylic acids is 1. The van der Waals surface area contributed by atoms with Gasteiger partial charge in [0.2, 0.25) is 0 Å². The Morgan fingerprint density at radius 3 is 2.19 bits per heavy atom. The van der Waals surface area contributed by atoms with Crippen LogP contribution in [0, 0.1) is 18.0 Å². The first kappa shape index (κ1) is 27.2. The van der Waals surface area contributed by atoms with Crippen molar-refractivity contribution in [2.45, 2.75) is 24.2 Å². The van der Waals surface area contributed by atoms with Crippen LogP contribution in [0.3, 0.4) is 0 Å². The minimum Gasteiger partial charge on any atom is -0.536 e. The number of aromatic nitrogens is 3. The molecule has 1 aromatic carbocycles. The van der Waals surface area contributed by atoms with Crippen LogP contribution in [0.15, 0.2) is 77.7 Å². The van der Waals surface area contributed by atoms with Gasteiger partial charge in [-0.05, 0) is 49.9 Å². The normalized spacial score (nSPS) is 11.4. The molecule has 4 aromatic rings. The Balaban J connectivity index is 0.00000361. The van der Waals surface area contributed by atoms with Crippen LogP contribution in [-0.4, -0.2) is 29.3 Å². The van der Waals surface area contributed by atoms with Crippen LogP contribution >= 0.6 is 0 Å². The van der Waals surface area contributed by atoms with Crippen LogP contribution in [0.5, 0.6) is 0 Å². The molecule has 1 amide bonds. The van der Waals surface area contributed by atoms with Gasteiger partial charge in [0.1, 0.15) is 27.8 Å². The molecule has 0 saturated carbocycles. The summed E-state index contributed by atoms with van der Waals surface area (Å²) in [6.07, 6.45) is 0. The second-order valence-corrected chi connectivity index (χ2v) is 9.62. The number of rotatable bonds is 6. The number of carbonyl (C=O) groups is 1. The average Bonchev–Trinajstić information content (AvgIpc) is 2.84. The Morgan fingerprint density at radius 2 is 1.53 bits per heavy atom. The minimum absolute atomic E-state index is 0. The van der Waals surface area contributed by atoms with Crippen molar-refractivity contribution in [2.24, 2.45) is 0 Å². The van der Waals surface area contributed by atoms with Gasteiger partial charge in [-0.15, -0.1) is 6.07 Å². The maximum atomic E-state index is 14.2. The summed E-state index contributed by atoms with van der Waals surface area (Å²) >= 11 is 0. The quantitative estimate of drug-likeness (QED) is 0.212. The van der Waals surface area contributed by atoms with E-state index in [1.165, 1.54) is 36.4 Å². The molecule has 0 aliphatic carbocycles. The van der Waals surface area contributed by atoms with Crippen molar-refractivity contribution < 1.29 is 43.1 Å². The van der Waals surface area contributed by atoms with Gasteiger partial charge in [-0.25, -0.2) is 17.2 Å². The van der Waals surface area contributed by atoms with E-state index >= 15 is 0 Å². The van der Waals surface area contributed by atoms with Gasteiger partial charge >= 0.3 is 21.1 Å². The monoisotopic (exact) mass is 687 g/mol. The zero-order chi connectivity index (χ0) is 25.2. The molecule has 0 saturated heterocycles. The van der Waals surface area contributed by atoms with Gasteiger partial charge in [0.05, 0.1) is 16.3 Å². The Bertz CT molecular complexity index is 1520. The summed E-state index contributed by atoms with van der Waals surface area (Å²) < 4.78 is 55.6. The third-order valence-electron chi connectivity index (χ3n) is 5.25. The molecular weight excluding hydrogens is 669 g/mol.